The molecule has 0 amide bonds. The first kappa shape index (κ1) is 10.1. The van der Waals surface area contributed by atoms with E-state index in [2.05, 4.69) is 0 Å². The van der Waals surface area contributed by atoms with E-state index in [1.165, 1.54) is 13.0 Å². The van der Waals surface area contributed by atoms with Gasteiger partial charge in [-0.1, -0.05) is 0 Å². The molecule has 0 saturated carbocycles. The van der Waals surface area contributed by atoms with E-state index >= 15 is 0 Å². The Bertz CT molecular complexity index is 282. The van der Waals surface area contributed by atoms with Crippen LogP contribution >= 0.6 is 0 Å². The Morgan fingerprint density at radius 3 is 2.38 bits per heavy atom. The van der Waals surface area contributed by atoms with Crippen molar-refractivity contribution in [2.45, 2.75) is 19.1 Å². The molecule has 0 unspecified atom stereocenters. The number of halogens is 3. The topological polar surface area (TPSA) is 45.4 Å². The smallest absolute Gasteiger partial charge is 0.413 e. The molecule has 0 radical (unpaired) electrons. The molecule has 13 heavy (non-hydrogen) atoms. The predicted octanol–water partition coefficient (Wildman–Crippen LogP) is 2.17. The number of aryl methyl sites for hydroxylation is 1. The van der Waals surface area contributed by atoms with Crippen molar-refractivity contribution in [2.24, 2.45) is 0 Å². The fourth-order valence-corrected chi connectivity index (χ4v) is 0.907. The van der Waals surface area contributed by atoms with E-state index in [4.69, 9.17) is 9.62 Å². The van der Waals surface area contributed by atoms with Crippen LogP contribution in [0, 0.1) is 6.92 Å². The first-order valence-corrected chi connectivity index (χ1v) is 3.48. The summed E-state index contributed by atoms with van der Waals surface area (Å²) in [4.78, 5) is 0. The molecule has 1 aromatic heterocycles. The molecule has 0 aliphatic heterocycles. The highest BCUT2D eigenvalue weighted by Gasteiger charge is 2.42. The van der Waals surface area contributed by atoms with Gasteiger partial charge in [0, 0.05) is 0 Å². The molecule has 2 N–H and O–H groups in total. The number of hydrogen-bond acceptors (Lipinski definition) is 3. The molecule has 1 heterocycles. The molecule has 6 heteroatoms. The molecule has 74 valence electrons. The van der Waals surface area contributed by atoms with Crippen molar-refractivity contribution in [3.8, 4) is 0 Å². The van der Waals surface area contributed by atoms with Crippen molar-refractivity contribution in [1.29, 1.82) is 0 Å². The van der Waals surface area contributed by atoms with Crippen molar-refractivity contribution >= 4 is 0 Å². The quantitative estimate of drug-likeness (QED) is 0.711. The van der Waals surface area contributed by atoms with Gasteiger partial charge in [-0.05, 0) is 19.1 Å². The zero-order valence-electron chi connectivity index (χ0n) is 6.72. The lowest BCUT2D eigenvalue weighted by molar-refractivity contribution is -0.182. The SMILES string of the molecule is Cc1ccc([C@@H](NO)C(F)(F)F)o1. The summed E-state index contributed by atoms with van der Waals surface area (Å²) in [6.07, 6.45) is -4.57. The summed E-state index contributed by atoms with van der Waals surface area (Å²) in [6, 6.07) is 0.392. The van der Waals surface area contributed by atoms with Crippen LogP contribution in [0.2, 0.25) is 0 Å². The van der Waals surface area contributed by atoms with Crippen molar-refractivity contribution in [2.75, 3.05) is 0 Å². The largest absolute Gasteiger partial charge is 0.464 e. The fraction of sp³-hybridized carbons (Fsp3) is 0.429. The summed E-state index contributed by atoms with van der Waals surface area (Å²) in [5, 5.41) is 8.29. The van der Waals surface area contributed by atoms with E-state index in [0.29, 0.717) is 5.76 Å². The van der Waals surface area contributed by atoms with Gasteiger partial charge in [-0.3, -0.25) is 0 Å². The summed E-state index contributed by atoms with van der Waals surface area (Å²) in [5.74, 6) is 0.00648. The maximum absolute atomic E-state index is 12.1. The van der Waals surface area contributed by atoms with Crippen LogP contribution < -0.4 is 5.48 Å². The third kappa shape index (κ3) is 2.22. The Hall–Kier alpha value is -1.01. The third-order valence-corrected chi connectivity index (χ3v) is 1.50. The third-order valence-electron chi connectivity index (χ3n) is 1.50. The minimum absolute atomic E-state index is 0.354. The number of rotatable bonds is 2. The Morgan fingerprint density at radius 1 is 1.46 bits per heavy atom. The lowest BCUT2D eigenvalue weighted by Crippen LogP contribution is -2.31. The zero-order chi connectivity index (χ0) is 10.1. The van der Waals surface area contributed by atoms with Gasteiger partial charge in [0.05, 0.1) is 0 Å². The molecule has 0 bridgehead atoms. The molecule has 1 rings (SSSR count). The lowest BCUT2D eigenvalue weighted by atomic mass is 10.2. The Balaban J connectivity index is 2.91. The highest BCUT2D eigenvalue weighted by Crippen LogP contribution is 2.32. The molecule has 0 aliphatic carbocycles. The summed E-state index contributed by atoms with van der Waals surface area (Å²) < 4.78 is 41.1. The second-order valence-corrected chi connectivity index (χ2v) is 2.55. The number of nitrogens with one attached hydrogen (secondary N) is 1. The molecule has 0 saturated heterocycles. The van der Waals surface area contributed by atoms with Crippen LogP contribution in [-0.4, -0.2) is 11.4 Å². The van der Waals surface area contributed by atoms with E-state index in [0.717, 1.165) is 11.5 Å². The van der Waals surface area contributed by atoms with Crippen molar-refractivity contribution in [3.63, 3.8) is 0 Å². The molecule has 3 nitrogen and oxygen atoms in total. The zero-order valence-corrected chi connectivity index (χ0v) is 6.72. The number of hydrogen-bond donors (Lipinski definition) is 2. The molecule has 1 aromatic rings. The number of alkyl halides is 3. The van der Waals surface area contributed by atoms with Gasteiger partial charge in [-0.2, -0.15) is 18.7 Å². The van der Waals surface area contributed by atoms with Crippen LogP contribution in [0.15, 0.2) is 16.5 Å². The second kappa shape index (κ2) is 3.39. The molecule has 1 atom stereocenters. The van der Waals surface area contributed by atoms with Crippen LogP contribution in [0.25, 0.3) is 0 Å². The summed E-state index contributed by atoms with van der Waals surface area (Å²) >= 11 is 0. The Morgan fingerprint density at radius 2 is 2.08 bits per heavy atom. The standard InChI is InChI=1S/C7H8F3NO2/c1-4-2-3-5(13-4)6(11-12)7(8,9)10/h2-3,6,11-12H,1H3/t6-/m1/s1. The molecule has 0 aromatic carbocycles. The van der Waals surface area contributed by atoms with Gasteiger partial charge in [0.25, 0.3) is 0 Å². The molecule has 0 aliphatic rings. The fourth-order valence-electron chi connectivity index (χ4n) is 0.907. The van der Waals surface area contributed by atoms with E-state index in [9.17, 15) is 13.2 Å². The lowest BCUT2D eigenvalue weighted by Gasteiger charge is -2.15. The van der Waals surface area contributed by atoms with E-state index in [1.54, 1.807) is 0 Å². The van der Waals surface area contributed by atoms with Gasteiger partial charge in [0.15, 0.2) is 6.04 Å². The van der Waals surface area contributed by atoms with Gasteiger partial charge in [0.1, 0.15) is 11.5 Å². The summed E-state index contributed by atoms with van der Waals surface area (Å²) in [7, 11) is 0. The molecular formula is C7H8F3NO2. The Labute approximate surface area is 72.1 Å². The summed E-state index contributed by atoms with van der Waals surface area (Å²) in [6.45, 7) is 1.52. The minimum atomic E-state index is -4.57. The van der Waals surface area contributed by atoms with Crippen LogP contribution in [0.1, 0.15) is 17.6 Å². The number of hydroxylamine groups is 1. The maximum Gasteiger partial charge on any atom is 0.413 e. The van der Waals surface area contributed by atoms with E-state index < -0.39 is 12.2 Å². The minimum Gasteiger partial charge on any atom is -0.464 e. The molecular weight excluding hydrogens is 187 g/mol. The predicted molar refractivity (Wildman–Crippen MR) is 37.2 cm³/mol. The van der Waals surface area contributed by atoms with Crippen molar-refractivity contribution in [3.05, 3.63) is 23.7 Å². The van der Waals surface area contributed by atoms with E-state index in [1.807, 2.05) is 0 Å². The van der Waals surface area contributed by atoms with Crippen LogP contribution in [-0.2, 0) is 0 Å². The molecule has 0 fully saturated rings. The average Bonchev–Trinajstić information content (AvgIpc) is 2.34. The molecule has 0 spiro atoms. The first-order valence-electron chi connectivity index (χ1n) is 3.48. The van der Waals surface area contributed by atoms with Crippen LogP contribution in [0.5, 0.6) is 0 Å². The van der Waals surface area contributed by atoms with Gasteiger partial charge in [-0.15, -0.1) is 0 Å². The van der Waals surface area contributed by atoms with Crippen LogP contribution in [0.4, 0.5) is 13.2 Å². The van der Waals surface area contributed by atoms with Gasteiger partial charge < -0.3 is 9.62 Å². The second-order valence-electron chi connectivity index (χ2n) is 2.55. The van der Waals surface area contributed by atoms with Crippen LogP contribution in [0.3, 0.4) is 0 Å². The maximum atomic E-state index is 12.1. The van der Waals surface area contributed by atoms with Crippen molar-refractivity contribution < 1.29 is 22.8 Å². The first-order chi connectivity index (χ1) is 5.95. The van der Waals surface area contributed by atoms with Gasteiger partial charge in [0.2, 0.25) is 0 Å². The van der Waals surface area contributed by atoms with E-state index in [-0.39, 0.29) is 5.76 Å². The van der Waals surface area contributed by atoms with Crippen molar-refractivity contribution in [1.82, 2.24) is 5.48 Å². The average molecular weight is 195 g/mol. The summed E-state index contributed by atoms with van der Waals surface area (Å²) in [5.41, 5.74) is 1.15. The normalized spacial score (nSPS) is 14.5. The highest BCUT2D eigenvalue weighted by molar-refractivity contribution is 5.10. The van der Waals surface area contributed by atoms with Gasteiger partial charge in [-0.25, -0.2) is 0 Å². The number of furan rings is 1. The Kier molecular flexibility index (Phi) is 2.63. The van der Waals surface area contributed by atoms with Gasteiger partial charge >= 0.3 is 6.18 Å². The monoisotopic (exact) mass is 195 g/mol. The highest BCUT2D eigenvalue weighted by atomic mass is 19.4.